The van der Waals surface area contributed by atoms with Crippen molar-refractivity contribution in [3.8, 4) is 0 Å². The van der Waals surface area contributed by atoms with Gasteiger partial charge in [0.15, 0.2) is 0 Å². The maximum atomic E-state index is 12.7. The largest absolute Gasteiger partial charge is 0.469 e. The highest BCUT2D eigenvalue weighted by Gasteiger charge is 2.20. The van der Waals surface area contributed by atoms with Crippen LogP contribution in [0, 0.1) is 13.8 Å². The Kier molecular flexibility index (Phi) is 6.15. The number of halogens is 1. The molecule has 126 valence electrons. The standard InChI is InChI=1S/C19H20BrNO3/c1-12-5-4-6-16(13(12)2)19(23)21-17(11-18(22)24-3)14-7-9-15(20)10-8-14/h4-10,17H,11H2,1-3H3,(H,21,23). The number of hydrogen-bond donors (Lipinski definition) is 1. The molecule has 2 rings (SSSR count). The van der Waals surface area contributed by atoms with Crippen LogP contribution in [0.25, 0.3) is 0 Å². The molecule has 1 atom stereocenters. The minimum absolute atomic E-state index is 0.0781. The number of carbonyl (C=O) groups excluding carboxylic acids is 2. The number of hydrogen-bond acceptors (Lipinski definition) is 3. The van der Waals surface area contributed by atoms with Gasteiger partial charge in [-0.05, 0) is 48.7 Å². The monoisotopic (exact) mass is 389 g/mol. The maximum absolute atomic E-state index is 12.7. The molecule has 2 aromatic carbocycles. The molecule has 24 heavy (non-hydrogen) atoms. The molecule has 1 amide bonds. The first kappa shape index (κ1) is 18.2. The molecule has 1 N–H and O–H groups in total. The van der Waals surface area contributed by atoms with Gasteiger partial charge in [-0.1, -0.05) is 40.2 Å². The van der Waals surface area contributed by atoms with Gasteiger partial charge in [0.25, 0.3) is 5.91 Å². The number of ether oxygens (including phenoxy) is 1. The molecule has 4 nitrogen and oxygen atoms in total. The molecule has 0 fully saturated rings. The van der Waals surface area contributed by atoms with Crippen LogP contribution in [0.15, 0.2) is 46.9 Å². The fraction of sp³-hybridized carbons (Fsp3) is 0.263. The molecule has 0 radical (unpaired) electrons. The van der Waals surface area contributed by atoms with Crippen molar-refractivity contribution in [2.45, 2.75) is 26.3 Å². The van der Waals surface area contributed by atoms with Crippen LogP contribution in [0.2, 0.25) is 0 Å². The minimum Gasteiger partial charge on any atom is -0.469 e. The lowest BCUT2D eigenvalue weighted by molar-refractivity contribution is -0.141. The molecule has 5 heteroatoms. The third kappa shape index (κ3) is 4.45. The lowest BCUT2D eigenvalue weighted by Crippen LogP contribution is -2.31. The highest BCUT2D eigenvalue weighted by molar-refractivity contribution is 9.10. The van der Waals surface area contributed by atoms with E-state index >= 15 is 0 Å². The molecule has 2 aromatic rings. The zero-order chi connectivity index (χ0) is 17.7. The Balaban J connectivity index is 2.27. The van der Waals surface area contributed by atoms with Crippen LogP contribution >= 0.6 is 15.9 Å². The average Bonchev–Trinajstić information content (AvgIpc) is 2.57. The van der Waals surface area contributed by atoms with Crippen molar-refractivity contribution in [1.29, 1.82) is 0 Å². The minimum atomic E-state index is -0.446. The molecule has 0 spiro atoms. The van der Waals surface area contributed by atoms with Crippen LogP contribution in [0.4, 0.5) is 0 Å². The Morgan fingerprint density at radius 1 is 1.12 bits per heavy atom. The quantitative estimate of drug-likeness (QED) is 0.783. The molecule has 0 aromatic heterocycles. The van der Waals surface area contributed by atoms with E-state index in [1.807, 2.05) is 50.2 Å². The van der Waals surface area contributed by atoms with Crippen LogP contribution in [0.3, 0.4) is 0 Å². The van der Waals surface area contributed by atoms with Crippen molar-refractivity contribution in [2.75, 3.05) is 7.11 Å². The molecule has 1 unspecified atom stereocenters. The second-order valence-corrected chi connectivity index (χ2v) is 6.52. The Labute approximate surface area is 150 Å². The van der Waals surface area contributed by atoms with Gasteiger partial charge < -0.3 is 10.1 Å². The Bertz CT molecular complexity index is 741. The van der Waals surface area contributed by atoms with E-state index in [2.05, 4.69) is 21.2 Å². The first-order valence-corrected chi connectivity index (χ1v) is 8.41. The molecular weight excluding hydrogens is 370 g/mol. The number of amides is 1. The average molecular weight is 390 g/mol. The van der Waals surface area contributed by atoms with Crippen LogP contribution in [-0.2, 0) is 9.53 Å². The van der Waals surface area contributed by atoms with Gasteiger partial charge in [-0.15, -0.1) is 0 Å². The normalized spacial score (nSPS) is 11.7. The number of aryl methyl sites for hydroxylation is 1. The van der Waals surface area contributed by atoms with Crippen molar-refractivity contribution < 1.29 is 14.3 Å². The summed E-state index contributed by atoms with van der Waals surface area (Å²) in [6.07, 6.45) is 0.0781. The zero-order valence-corrected chi connectivity index (χ0v) is 15.5. The number of esters is 1. The lowest BCUT2D eigenvalue weighted by atomic mass is 10.0. The predicted octanol–water partition coefficient (Wildman–Crippen LogP) is 4.10. The van der Waals surface area contributed by atoms with E-state index in [0.717, 1.165) is 21.2 Å². The van der Waals surface area contributed by atoms with E-state index in [1.54, 1.807) is 6.07 Å². The van der Waals surface area contributed by atoms with Gasteiger partial charge in [-0.25, -0.2) is 0 Å². The highest BCUT2D eigenvalue weighted by Crippen LogP contribution is 2.22. The summed E-state index contributed by atoms with van der Waals surface area (Å²) >= 11 is 3.39. The van der Waals surface area contributed by atoms with E-state index in [-0.39, 0.29) is 18.3 Å². The highest BCUT2D eigenvalue weighted by atomic mass is 79.9. The summed E-state index contributed by atoms with van der Waals surface area (Å²) in [4.78, 5) is 24.4. The second kappa shape index (κ2) is 8.11. The number of nitrogens with one attached hydrogen (secondary N) is 1. The first-order chi connectivity index (χ1) is 11.4. The van der Waals surface area contributed by atoms with Gasteiger partial charge in [0.2, 0.25) is 0 Å². The summed E-state index contributed by atoms with van der Waals surface area (Å²) < 4.78 is 5.69. The van der Waals surface area contributed by atoms with Crippen molar-refractivity contribution >= 4 is 27.8 Å². The first-order valence-electron chi connectivity index (χ1n) is 7.61. The van der Waals surface area contributed by atoms with Crippen molar-refractivity contribution in [2.24, 2.45) is 0 Å². The van der Waals surface area contributed by atoms with Gasteiger partial charge in [0.1, 0.15) is 0 Å². The summed E-state index contributed by atoms with van der Waals surface area (Å²) in [7, 11) is 1.34. The molecule has 0 aliphatic heterocycles. The van der Waals surface area contributed by atoms with Gasteiger partial charge >= 0.3 is 5.97 Å². The number of benzene rings is 2. The summed E-state index contributed by atoms with van der Waals surface area (Å²) in [6, 6.07) is 12.7. The molecule has 0 heterocycles. The Hall–Kier alpha value is -2.14. The fourth-order valence-electron chi connectivity index (χ4n) is 2.43. The topological polar surface area (TPSA) is 55.4 Å². The Morgan fingerprint density at radius 2 is 1.79 bits per heavy atom. The maximum Gasteiger partial charge on any atom is 0.307 e. The van der Waals surface area contributed by atoms with E-state index in [0.29, 0.717) is 5.56 Å². The van der Waals surface area contributed by atoms with Gasteiger partial charge in [-0.3, -0.25) is 9.59 Å². The van der Waals surface area contributed by atoms with E-state index < -0.39 is 6.04 Å². The molecule has 0 saturated heterocycles. The van der Waals surface area contributed by atoms with Crippen LogP contribution < -0.4 is 5.32 Å². The molecular formula is C19H20BrNO3. The molecule has 0 saturated carbocycles. The van der Waals surface area contributed by atoms with Crippen molar-refractivity contribution in [1.82, 2.24) is 5.32 Å². The van der Waals surface area contributed by atoms with E-state index in [1.165, 1.54) is 7.11 Å². The summed E-state index contributed by atoms with van der Waals surface area (Å²) in [5, 5.41) is 2.95. The van der Waals surface area contributed by atoms with E-state index in [9.17, 15) is 9.59 Å². The van der Waals surface area contributed by atoms with Gasteiger partial charge in [0.05, 0.1) is 19.6 Å². The lowest BCUT2D eigenvalue weighted by Gasteiger charge is -2.19. The number of rotatable bonds is 5. The molecule has 0 aliphatic rings. The van der Waals surface area contributed by atoms with Crippen molar-refractivity contribution in [3.05, 3.63) is 69.2 Å². The SMILES string of the molecule is COC(=O)CC(NC(=O)c1cccc(C)c1C)c1ccc(Br)cc1. The smallest absolute Gasteiger partial charge is 0.307 e. The summed E-state index contributed by atoms with van der Waals surface area (Å²) in [5.41, 5.74) is 3.45. The van der Waals surface area contributed by atoms with Crippen LogP contribution in [-0.4, -0.2) is 19.0 Å². The van der Waals surface area contributed by atoms with Gasteiger partial charge in [0, 0.05) is 10.0 Å². The van der Waals surface area contributed by atoms with Gasteiger partial charge in [-0.2, -0.15) is 0 Å². The fourth-order valence-corrected chi connectivity index (χ4v) is 2.69. The third-order valence-corrected chi connectivity index (χ3v) is 4.55. The van der Waals surface area contributed by atoms with Crippen LogP contribution in [0.1, 0.15) is 39.5 Å². The predicted molar refractivity (Wildman–Crippen MR) is 96.9 cm³/mol. The Morgan fingerprint density at radius 3 is 2.42 bits per heavy atom. The number of methoxy groups -OCH3 is 1. The van der Waals surface area contributed by atoms with Crippen LogP contribution in [0.5, 0.6) is 0 Å². The third-order valence-electron chi connectivity index (χ3n) is 4.03. The molecule has 0 aliphatic carbocycles. The van der Waals surface area contributed by atoms with Crippen molar-refractivity contribution in [3.63, 3.8) is 0 Å². The summed E-state index contributed by atoms with van der Waals surface area (Å²) in [5.74, 6) is -0.572. The zero-order valence-electron chi connectivity index (χ0n) is 13.9. The van der Waals surface area contributed by atoms with E-state index in [4.69, 9.17) is 4.74 Å². The second-order valence-electron chi connectivity index (χ2n) is 5.61. The molecule has 0 bridgehead atoms. The summed E-state index contributed by atoms with van der Waals surface area (Å²) in [6.45, 7) is 3.88. The number of carbonyl (C=O) groups is 2.